The molecule has 126 valence electrons. The quantitative estimate of drug-likeness (QED) is 0.457. The van der Waals surface area contributed by atoms with Crippen LogP contribution in [0.15, 0.2) is 72.8 Å². The van der Waals surface area contributed by atoms with Gasteiger partial charge in [0.15, 0.2) is 0 Å². The number of hydrogen-bond donors (Lipinski definition) is 0. The second-order valence-corrected chi connectivity index (χ2v) is 8.27. The molecule has 2 atom stereocenters. The van der Waals surface area contributed by atoms with Crippen molar-refractivity contribution in [3.8, 4) is 0 Å². The van der Waals surface area contributed by atoms with E-state index in [-0.39, 0.29) is 10.8 Å². The smallest absolute Gasteiger partial charge is 0.0406 e. The van der Waals surface area contributed by atoms with Crippen LogP contribution in [-0.4, -0.2) is 0 Å². The molecule has 0 saturated heterocycles. The fraction of sp³-hybridized carbons (Fsp3) is 0.217. The average Bonchev–Trinajstić information content (AvgIpc) is 2.86. The van der Waals surface area contributed by atoms with Crippen molar-refractivity contribution in [3.05, 3.63) is 105 Å². The molecule has 0 saturated carbocycles. The van der Waals surface area contributed by atoms with Crippen molar-refractivity contribution in [2.45, 2.75) is 31.1 Å². The van der Waals surface area contributed by atoms with Crippen LogP contribution in [0.25, 0.3) is 0 Å². The standard InChI is InChI=1S/C23H20Cl2/c1-22(16-7-11-18(24)12-8-16)15-23(2,17-9-13-19(25)14-10-17)21-6-4-3-5-20(21)22/h3-14H,15H2,1-2H3. The summed E-state index contributed by atoms with van der Waals surface area (Å²) in [6.45, 7) is 4.69. The van der Waals surface area contributed by atoms with E-state index in [9.17, 15) is 0 Å². The third-order valence-corrected chi connectivity index (χ3v) is 6.29. The van der Waals surface area contributed by atoms with Crippen molar-refractivity contribution >= 4 is 23.2 Å². The molecule has 25 heavy (non-hydrogen) atoms. The van der Waals surface area contributed by atoms with Crippen LogP contribution in [-0.2, 0) is 10.8 Å². The number of benzene rings is 3. The lowest BCUT2D eigenvalue weighted by Crippen LogP contribution is -2.26. The lowest BCUT2D eigenvalue weighted by Gasteiger charge is -2.31. The summed E-state index contributed by atoms with van der Waals surface area (Å²) < 4.78 is 0. The SMILES string of the molecule is CC1(c2ccc(Cl)cc2)CC(C)(c2ccc(Cl)cc2)c2ccccc21. The van der Waals surface area contributed by atoms with E-state index in [1.165, 1.54) is 22.3 Å². The molecule has 0 spiro atoms. The third kappa shape index (κ3) is 2.60. The Kier molecular flexibility index (Phi) is 3.94. The fourth-order valence-electron chi connectivity index (χ4n) is 4.49. The molecule has 0 heterocycles. The van der Waals surface area contributed by atoms with Crippen LogP contribution in [0.3, 0.4) is 0 Å². The van der Waals surface area contributed by atoms with Crippen LogP contribution >= 0.6 is 23.2 Å². The summed E-state index contributed by atoms with van der Waals surface area (Å²) in [5, 5.41) is 1.55. The van der Waals surface area contributed by atoms with Crippen LogP contribution < -0.4 is 0 Å². The number of rotatable bonds is 2. The minimum atomic E-state index is -0.0461. The lowest BCUT2D eigenvalue weighted by molar-refractivity contribution is 0.450. The first-order valence-corrected chi connectivity index (χ1v) is 9.31. The Labute approximate surface area is 159 Å². The number of halogens is 2. The highest BCUT2D eigenvalue weighted by atomic mass is 35.5. The van der Waals surface area contributed by atoms with Gasteiger partial charge in [-0.25, -0.2) is 0 Å². The predicted molar refractivity (Wildman–Crippen MR) is 107 cm³/mol. The van der Waals surface area contributed by atoms with Gasteiger partial charge in [-0.15, -0.1) is 0 Å². The van der Waals surface area contributed by atoms with Crippen molar-refractivity contribution in [1.29, 1.82) is 0 Å². The molecule has 0 aliphatic heterocycles. The lowest BCUT2D eigenvalue weighted by atomic mass is 9.72. The maximum Gasteiger partial charge on any atom is 0.0406 e. The summed E-state index contributed by atoms with van der Waals surface area (Å²) in [6, 6.07) is 25.4. The second-order valence-electron chi connectivity index (χ2n) is 7.40. The van der Waals surface area contributed by atoms with Gasteiger partial charge in [-0.05, 0) is 52.9 Å². The number of fused-ring (bicyclic) bond motifs is 1. The molecular weight excluding hydrogens is 347 g/mol. The highest BCUT2D eigenvalue weighted by Gasteiger charge is 2.48. The highest BCUT2D eigenvalue weighted by molar-refractivity contribution is 6.30. The first kappa shape index (κ1) is 16.7. The zero-order chi connectivity index (χ0) is 17.7. The highest BCUT2D eigenvalue weighted by Crippen LogP contribution is 2.55. The third-order valence-electron chi connectivity index (χ3n) is 5.79. The monoisotopic (exact) mass is 366 g/mol. The molecular formula is C23H20Cl2. The molecule has 1 aliphatic carbocycles. The number of hydrogen-bond acceptors (Lipinski definition) is 0. The minimum Gasteiger partial charge on any atom is -0.0843 e. The van der Waals surface area contributed by atoms with Gasteiger partial charge >= 0.3 is 0 Å². The molecule has 0 N–H and O–H groups in total. The van der Waals surface area contributed by atoms with Crippen molar-refractivity contribution in [2.24, 2.45) is 0 Å². The first-order valence-electron chi connectivity index (χ1n) is 8.56. The molecule has 2 heteroatoms. The molecule has 0 aromatic heterocycles. The molecule has 0 fully saturated rings. The molecule has 3 aromatic rings. The summed E-state index contributed by atoms with van der Waals surface area (Å²) >= 11 is 12.2. The van der Waals surface area contributed by atoms with E-state index in [0.29, 0.717) is 0 Å². The van der Waals surface area contributed by atoms with Crippen LogP contribution in [0.1, 0.15) is 42.5 Å². The van der Waals surface area contributed by atoms with Gasteiger partial charge in [0.05, 0.1) is 0 Å². The largest absolute Gasteiger partial charge is 0.0843 e. The van der Waals surface area contributed by atoms with Crippen LogP contribution in [0.4, 0.5) is 0 Å². The second kappa shape index (κ2) is 5.90. The van der Waals surface area contributed by atoms with Crippen LogP contribution in [0.5, 0.6) is 0 Å². The maximum atomic E-state index is 6.12. The normalized spacial score (nSPS) is 25.0. The zero-order valence-corrected chi connectivity index (χ0v) is 15.9. The summed E-state index contributed by atoms with van der Waals surface area (Å²) in [5.74, 6) is 0. The van der Waals surface area contributed by atoms with E-state index in [1.54, 1.807) is 0 Å². The van der Waals surface area contributed by atoms with Gasteiger partial charge in [0, 0.05) is 20.9 Å². The molecule has 0 bridgehead atoms. The van der Waals surface area contributed by atoms with E-state index < -0.39 is 0 Å². The molecule has 3 aromatic carbocycles. The van der Waals surface area contributed by atoms with Gasteiger partial charge in [0.25, 0.3) is 0 Å². The zero-order valence-electron chi connectivity index (χ0n) is 14.4. The molecule has 1 aliphatic rings. The van der Waals surface area contributed by atoms with E-state index in [0.717, 1.165) is 16.5 Å². The van der Waals surface area contributed by atoms with Crippen LogP contribution in [0, 0.1) is 0 Å². The summed E-state index contributed by atoms with van der Waals surface area (Å²) in [4.78, 5) is 0. The fourth-order valence-corrected chi connectivity index (χ4v) is 4.75. The van der Waals surface area contributed by atoms with Crippen molar-refractivity contribution in [1.82, 2.24) is 0 Å². The summed E-state index contributed by atoms with van der Waals surface area (Å²) in [6.07, 6.45) is 1.02. The molecule has 0 radical (unpaired) electrons. The van der Waals surface area contributed by atoms with Gasteiger partial charge in [-0.1, -0.05) is 85.6 Å². The first-order chi connectivity index (χ1) is 11.9. The van der Waals surface area contributed by atoms with Crippen molar-refractivity contribution in [2.75, 3.05) is 0 Å². The Morgan fingerprint density at radius 3 is 1.32 bits per heavy atom. The van der Waals surface area contributed by atoms with E-state index in [1.807, 2.05) is 24.3 Å². The van der Waals surface area contributed by atoms with Crippen molar-refractivity contribution in [3.63, 3.8) is 0 Å². The van der Waals surface area contributed by atoms with Gasteiger partial charge < -0.3 is 0 Å². The van der Waals surface area contributed by atoms with E-state index >= 15 is 0 Å². The Hall–Kier alpha value is -1.76. The van der Waals surface area contributed by atoms with Gasteiger partial charge in [0.2, 0.25) is 0 Å². The Morgan fingerprint density at radius 1 is 0.600 bits per heavy atom. The topological polar surface area (TPSA) is 0 Å². The Balaban J connectivity index is 1.90. The molecule has 2 unspecified atom stereocenters. The van der Waals surface area contributed by atoms with Gasteiger partial charge in [0.1, 0.15) is 0 Å². The van der Waals surface area contributed by atoms with Crippen molar-refractivity contribution < 1.29 is 0 Å². The molecule has 0 amide bonds. The van der Waals surface area contributed by atoms with Gasteiger partial charge in [-0.3, -0.25) is 0 Å². The maximum absolute atomic E-state index is 6.12. The predicted octanol–water partition coefficient (Wildman–Crippen LogP) is 7.01. The molecule has 0 nitrogen and oxygen atoms in total. The van der Waals surface area contributed by atoms with E-state index in [2.05, 4.69) is 62.4 Å². The minimum absolute atomic E-state index is 0.0461. The summed E-state index contributed by atoms with van der Waals surface area (Å²) in [5.41, 5.74) is 5.32. The van der Waals surface area contributed by atoms with E-state index in [4.69, 9.17) is 23.2 Å². The van der Waals surface area contributed by atoms with Crippen LogP contribution in [0.2, 0.25) is 10.0 Å². The van der Waals surface area contributed by atoms with Gasteiger partial charge in [-0.2, -0.15) is 0 Å². The Morgan fingerprint density at radius 2 is 0.960 bits per heavy atom. The Bertz CT molecular complexity index is 835. The average molecular weight is 367 g/mol. The summed E-state index contributed by atoms with van der Waals surface area (Å²) in [7, 11) is 0. The molecule has 4 rings (SSSR count).